The van der Waals surface area contributed by atoms with Crippen LogP contribution in [0, 0.1) is 12.7 Å². The largest absolute Gasteiger partial charge is 0.485 e. The maximum atomic E-state index is 13.9. The van der Waals surface area contributed by atoms with Crippen LogP contribution in [-0.2, 0) is 0 Å². The number of carbonyl (C=O) groups excluding carboxylic acids is 1. The third-order valence-electron chi connectivity index (χ3n) is 5.19. The molecule has 3 unspecified atom stereocenters. The second-order valence-electron chi connectivity index (χ2n) is 7.23. The summed E-state index contributed by atoms with van der Waals surface area (Å²) < 4.78 is 19.8. The number of benzene rings is 1. The Bertz CT molecular complexity index is 1110. The Kier molecular flexibility index (Phi) is 5.54. The molecule has 1 aromatic carbocycles. The zero-order valence-electron chi connectivity index (χ0n) is 16.1. The summed E-state index contributed by atoms with van der Waals surface area (Å²) in [4.78, 5) is 21.1. The number of aliphatic hydroxyl groups excluding tert-OH is 2. The van der Waals surface area contributed by atoms with Gasteiger partial charge in [-0.05, 0) is 43.9 Å². The smallest absolute Gasteiger partial charge is 0.259 e. The maximum Gasteiger partial charge on any atom is 0.259 e. The van der Waals surface area contributed by atoms with Crippen LogP contribution in [0.3, 0.4) is 0 Å². The predicted octanol–water partition coefficient (Wildman–Crippen LogP) is 2.63. The number of ether oxygens (including phenoxy) is 1. The minimum atomic E-state index is -1.06. The van der Waals surface area contributed by atoms with Crippen molar-refractivity contribution in [1.29, 1.82) is 0 Å². The van der Waals surface area contributed by atoms with Gasteiger partial charge in [0.05, 0.1) is 22.1 Å². The molecule has 1 fully saturated rings. The normalized spacial score (nSPS) is 21.5. The van der Waals surface area contributed by atoms with Gasteiger partial charge in [-0.15, -0.1) is 11.3 Å². The monoisotopic (exact) mass is 432 g/mol. The van der Waals surface area contributed by atoms with Crippen molar-refractivity contribution in [2.24, 2.45) is 5.73 Å². The number of aromatic nitrogens is 2. The molecule has 2 heterocycles. The van der Waals surface area contributed by atoms with Gasteiger partial charge in [-0.2, -0.15) is 0 Å². The third-order valence-corrected chi connectivity index (χ3v) is 6.40. The number of hydrogen-bond donors (Lipinski definition) is 4. The number of nitrogens with zero attached hydrogens (tertiary/aromatic N) is 2. The third kappa shape index (κ3) is 3.81. The first-order chi connectivity index (χ1) is 14.3. The molecule has 1 amide bonds. The van der Waals surface area contributed by atoms with E-state index in [1.807, 2.05) is 0 Å². The van der Waals surface area contributed by atoms with E-state index in [0.717, 1.165) is 0 Å². The van der Waals surface area contributed by atoms with Crippen LogP contribution in [0.15, 0.2) is 24.5 Å². The van der Waals surface area contributed by atoms with E-state index >= 15 is 0 Å². The second-order valence-corrected chi connectivity index (χ2v) is 8.23. The summed E-state index contributed by atoms with van der Waals surface area (Å²) in [6.45, 7) is 1.76. The molecule has 0 radical (unpaired) electrons. The highest BCUT2D eigenvalue weighted by atomic mass is 32.1. The molecule has 8 nitrogen and oxygen atoms in total. The molecule has 0 aliphatic heterocycles. The van der Waals surface area contributed by atoms with Crippen molar-refractivity contribution in [2.75, 3.05) is 5.32 Å². The lowest BCUT2D eigenvalue weighted by Crippen LogP contribution is -2.44. The van der Waals surface area contributed by atoms with Crippen LogP contribution in [0.4, 0.5) is 15.9 Å². The number of thiophene rings is 1. The van der Waals surface area contributed by atoms with Gasteiger partial charge < -0.3 is 26.0 Å². The Morgan fingerprint density at radius 2 is 2.13 bits per heavy atom. The first kappa shape index (κ1) is 20.5. The first-order valence-corrected chi connectivity index (χ1v) is 10.3. The first-order valence-electron chi connectivity index (χ1n) is 9.48. The average molecular weight is 432 g/mol. The fraction of sp³-hybridized carbons (Fsp3) is 0.350. The minimum Gasteiger partial charge on any atom is -0.485 e. The Morgan fingerprint density at radius 1 is 1.33 bits per heavy atom. The van der Waals surface area contributed by atoms with E-state index in [1.165, 1.54) is 35.9 Å². The van der Waals surface area contributed by atoms with Crippen LogP contribution in [0.1, 0.15) is 34.5 Å². The molecule has 5 N–H and O–H groups in total. The molecule has 0 spiro atoms. The predicted molar refractivity (Wildman–Crippen MR) is 111 cm³/mol. The van der Waals surface area contributed by atoms with Crippen molar-refractivity contribution in [2.45, 2.75) is 44.5 Å². The van der Waals surface area contributed by atoms with Crippen LogP contribution < -0.4 is 15.8 Å². The van der Waals surface area contributed by atoms with Gasteiger partial charge in [-0.1, -0.05) is 0 Å². The number of amides is 1. The van der Waals surface area contributed by atoms with Crippen molar-refractivity contribution >= 4 is 39.0 Å². The lowest BCUT2D eigenvalue weighted by molar-refractivity contribution is -0.0743. The number of rotatable bonds is 5. The molecule has 10 heteroatoms. The highest BCUT2D eigenvalue weighted by molar-refractivity contribution is 7.20. The molecule has 3 atom stereocenters. The van der Waals surface area contributed by atoms with E-state index in [2.05, 4.69) is 15.3 Å². The van der Waals surface area contributed by atoms with Crippen LogP contribution in [0.25, 0.3) is 10.2 Å². The van der Waals surface area contributed by atoms with E-state index in [4.69, 9.17) is 10.5 Å². The topological polar surface area (TPSA) is 131 Å². The fourth-order valence-corrected chi connectivity index (χ4v) is 4.64. The summed E-state index contributed by atoms with van der Waals surface area (Å²) in [5.74, 6) is -0.445. The van der Waals surface area contributed by atoms with E-state index < -0.39 is 30.0 Å². The SMILES string of the molecule is Cc1c(C(N)=O)sc2ncnc(Nc3ccc(F)cc3OC3CCCC(O)C3O)c12. The number of nitrogens with one attached hydrogen (secondary N) is 1. The highest BCUT2D eigenvalue weighted by Gasteiger charge is 2.32. The number of halogens is 1. The second kappa shape index (κ2) is 8.13. The lowest BCUT2D eigenvalue weighted by atomic mass is 9.92. The van der Waals surface area contributed by atoms with E-state index in [1.54, 1.807) is 6.92 Å². The Balaban J connectivity index is 1.70. The van der Waals surface area contributed by atoms with Crippen molar-refractivity contribution in [3.05, 3.63) is 40.8 Å². The minimum absolute atomic E-state index is 0.183. The molecular weight excluding hydrogens is 411 g/mol. The van der Waals surface area contributed by atoms with Gasteiger partial charge in [0, 0.05) is 6.07 Å². The fourth-order valence-electron chi connectivity index (χ4n) is 3.64. The highest BCUT2D eigenvalue weighted by Crippen LogP contribution is 2.37. The number of aryl methyl sites for hydroxylation is 1. The number of primary amides is 1. The number of fused-ring (bicyclic) bond motifs is 1. The van der Waals surface area contributed by atoms with E-state index in [0.29, 0.717) is 51.4 Å². The Hall–Kier alpha value is -2.82. The van der Waals surface area contributed by atoms with Crippen molar-refractivity contribution < 1.29 is 24.1 Å². The molecule has 158 valence electrons. The molecule has 0 saturated heterocycles. The van der Waals surface area contributed by atoms with Crippen molar-refractivity contribution in [1.82, 2.24) is 9.97 Å². The molecule has 2 aromatic heterocycles. The summed E-state index contributed by atoms with van der Waals surface area (Å²) in [5, 5.41) is 23.9. The molecule has 4 rings (SSSR count). The zero-order valence-corrected chi connectivity index (χ0v) is 16.9. The Morgan fingerprint density at radius 3 is 2.90 bits per heavy atom. The number of aliphatic hydroxyl groups is 2. The zero-order chi connectivity index (χ0) is 21.4. The number of nitrogens with two attached hydrogens (primary N) is 1. The average Bonchev–Trinajstić information content (AvgIpc) is 3.05. The number of hydrogen-bond acceptors (Lipinski definition) is 8. The van der Waals surface area contributed by atoms with Gasteiger partial charge in [0.1, 0.15) is 40.8 Å². The van der Waals surface area contributed by atoms with Gasteiger partial charge in [0.25, 0.3) is 5.91 Å². The van der Waals surface area contributed by atoms with Crippen LogP contribution in [0.5, 0.6) is 5.75 Å². The van der Waals surface area contributed by atoms with Crippen LogP contribution in [-0.4, -0.2) is 44.4 Å². The molecule has 0 bridgehead atoms. The molecule has 1 aliphatic rings. The maximum absolute atomic E-state index is 13.9. The molecule has 3 aromatic rings. The summed E-state index contributed by atoms with van der Waals surface area (Å²) in [6.07, 6.45) is 0.485. The molecule has 30 heavy (non-hydrogen) atoms. The standard InChI is InChI=1S/C20H21FN4O4S/c1-9-15-19(23-8-24-20(15)30-17(9)18(22)28)25-11-6-5-10(21)7-14(11)29-13-4-2-3-12(26)16(13)27/h5-8,12-13,16,26-27H,2-4H2,1H3,(H2,22,28)(H,23,24,25). The van der Waals surface area contributed by atoms with Gasteiger partial charge in [-0.3, -0.25) is 4.79 Å². The summed E-state index contributed by atoms with van der Waals surface area (Å²) >= 11 is 1.17. The number of carbonyl (C=O) groups is 1. The quantitative estimate of drug-likeness (QED) is 0.487. The van der Waals surface area contributed by atoms with Gasteiger partial charge in [-0.25, -0.2) is 14.4 Å². The number of anilines is 2. The van der Waals surface area contributed by atoms with Gasteiger partial charge in [0.2, 0.25) is 0 Å². The van der Waals surface area contributed by atoms with Crippen molar-refractivity contribution in [3.63, 3.8) is 0 Å². The Labute approximate surface area is 175 Å². The van der Waals surface area contributed by atoms with Gasteiger partial charge in [0.15, 0.2) is 0 Å². The van der Waals surface area contributed by atoms with Crippen molar-refractivity contribution in [3.8, 4) is 5.75 Å². The van der Waals surface area contributed by atoms with Gasteiger partial charge >= 0.3 is 0 Å². The van der Waals surface area contributed by atoms with Crippen LogP contribution >= 0.6 is 11.3 Å². The molecule has 1 saturated carbocycles. The van der Waals surface area contributed by atoms with E-state index in [9.17, 15) is 19.4 Å². The summed E-state index contributed by atoms with van der Waals surface area (Å²) in [6, 6.07) is 3.99. The van der Waals surface area contributed by atoms with Crippen LogP contribution in [0.2, 0.25) is 0 Å². The molecule has 1 aliphatic carbocycles. The lowest BCUT2D eigenvalue weighted by Gasteiger charge is -2.32. The molecular formula is C20H21FN4O4S. The summed E-state index contributed by atoms with van der Waals surface area (Å²) in [5.41, 5.74) is 6.53. The summed E-state index contributed by atoms with van der Waals surface area (Å²) in [7, 11) is 0. The van der Waals surface area contributed by atoms with E-state index in [-0.39, 0.29) is 5.75 Å².